The molecular weight excluding hydrogens is 236 g/mol. The Morgan fingerprint density at radius 2 is 1.84 bits per heavy atom. The molecule has 2 aliphatic rings. The molecule has 1 aromatic heterocycles. The molecule has 0 radical (unpaired) electrons. The van der Waals surface area contributed by atoms with Crippen molar-refractivity contribution >= 4 is 10.9 Å². The Morgan fingerprint density at radius 3 is 2.68 bits per heavy atom. The van der Waals surface area contributed by atoms with Crippen LogP contribution in [0.2, 0.25) is 0 Å². The number of nitrogens with one attached hydrogen (secondary N) is 1. The lowest BCUT2D eigenvalue weighted by atomic mass is 10.0. The van der Waals surface area contributed by atoms with E-state index in [1.165, 1.54) is 12.8 Å². The number of ether oxygens (including phenoxy) is 1. The fraction of sp³-hybridized carbons (Fsp3) is 0.438. The highest BCUT2D eigenvalue weighted by molar-refractivity contribution is 5.84. The van der Waals surface area contributed by atoms with Gasteiger partial charge in [-0.05, 0) is 37.8 Å². The average Bonchev–Trinajstić information content (AvgIpc) is 2.78. The van der Waals surface area contributed by atoms with E-state index in [1.807, 2.05) is 18.3 Å². The van der Waals surface area contributed by atoms with Gasteiger partial charge >= 0.3 is 0 Å². The highest BCUT2D eigenvalue weighted by Crippen LogP contribution is 2.31. The third kappa shape index (κ3) is 2.08. The van der Waals surface area contributed by atoms with Gasteiger partial charge < -0.3 is 10.1 Å². The van der Waals surface area contributed by atoms with E-state index in [0.29, 0.717) is 18.2 Å². The lowest BCUT2D eigenvalue weighted by Crippen LogP contribution is -2.42. The average molecular weight is 254 g/mol. The number of para-hydroxylation sites is 1. The first-order valence-corrected chi connectivity index (χ1v) is 7.15. The Bertz CT molecular complexity index is 581. The Morgan fingerprint density at radius 1 is 1.05 bits per heavy atom. The van der Waals surface area contributed by atoms with Gasteiger partial charge in [-0.15, -0.1) is 0 Å². The molecule has 2 aliphatic heterocycles. The van der Waals surface area contributed by atoms with Gasteiger partial charge in [0.15, 0.2) is 0 Å². The second-order valence-electron chi connectivity index (χ2n) is 5.68. The number of pyridine rings is 1. The zero-order chi connectivity index (χ0) is 12.7. The number of rotatable bonds is 2. The maximum absolute atomic E-state index is 6.25. The minimum atomic E-state index is 0.339. The van der Waals surface area contributed by atoms with E-state index in [0.717, 1.165) is 29.5 Å². The minimum absolute atomic E-state index is 0.339. The molecule has 3 heteroatoms. The summed E-state index contributed by atoms with van der Waals surface area (Å²) in [5, 5.41) is 4.80. The normalized spacial score (nSPS) is 29.6. The fourth-order valence-corrected chi connectivity index (χ4v) is 3.45. The fourth-order valence-electron chi connectivity index (χ4n) is 3.45. The van der Waals surface area contributed by atoms with Crippen molar-refractivity contribution in [2.45, 2.75) is 43.9 Å². The van der Waals surface area contributed by atoms with Crippen molar-refractivity contribution in [3.05, 3.63) is 36.5 Å². The first-order valence-electron chi connectivity index (χ1n) is 7.15. The molecule has 98 valence electrons. The topological polar surface area (TPSA) is 34.1 Å². The van der Waals surface area contributed by atoms with Crippen LogP contribution < -0.4 is 10.1 Å². The summed E-state index contributed by atoms with van der Waals surface area (Å²) in [6.45, 7) is 0. The van der Waals surface area contributed by atoms with Crippen LogP contribution in [-0.4, -0.2) is 23.2 Å². The van der Waals surface area contributed by atoms with Crippen molar-refractivity contribution in [1.82, 2.24) is 10.3 Å². The Balaban J connectivity index is 1.61. The number of benzene rings is 1. The van der Waals surface area contributed by atoms with Gasteiger partial charge in [0.2, 0.25) is 0 Å². The molecule has 2 aromatic rings. The van der Waals surface area contributed by atoms with Gasteiger partial charge in [0, 0.05) is 23.7 Å². The van der Waals surface area contributed by atoms with Gasteiger partial charge in [-0.2, -0.15) is 0 Å². The smallest absolute Gasteiger partial charge is 0.145 e. The molecule has 2 atom stereocenters. The third-order valence-corrected chi connectivity index (χ3v) is 4.32. The lowest BCUT2D eigenvalue weighted by Gasteiger charge is -2.29. The molecule has 1 N–H and O–H groups in total. The molecule has 3 nitrogen and oxygen atoms in total. The molecule has 0 amide bonds. The van der Waals surface area contributed by atoms with Crippen LogP contribution in [0.15, 0.2) is 36.5 Å². The standard InChI is InChI=1S/C16H18N2O/c1-3-11-4-2-8-17-16(11)15(5-1)19-14-9-12-6-7-13(10-14)18-12/h1-5,8,12-14,18H,6-7,9-10H2. The van der Waals surface area contributed by atoms with Crippen LogP contribution in [0, 0.1) is 0 Å². The summed E-state index contributed by atoms with van der Waals surface area (Å²) < 4.78 is 6.25. The summed E-state index contributed by atoms with van der Waals surface area (Å²) in [5.41, 5.74) is 0.982. The van der Waals surface area contributed by atoms with Gasteiger partial charge in [0.1, 0.15) is 17.4 Å². The Hall–Kier alpha value is -1.61. The van der Waals surface area contributed by atoms with Crippen molar-refractivity contribution in [3.8, 4) is 5.75 Å². The highest BCUT2D eigenvalue weighted by Gasteiger charge is 2.34. The summed E-state index contributed by atoms with van der Waals surface area (Å²) in [5.74, 6) is 0.935. The van der Waals surface area contributed by atoms with Gasteiger partial charge in [0.05, 0.1) is 0 Å². The van der Waals surface area contributed by atoms with Gasteiger partial charge in [-0.3, -0.25) is 4.98 Å². The van der Waals surface area contributed by atoms with E-state index in [4.69, 9.17) is 4.74 Å². The number of nitrogens with zero attached hydrogens (tertiary/aromatic N) is 1. The van der Waals surface area contributed by atoms with Gasteiger partial charge in [-0.1, -0.05) is 18.2 Å². The summed E-state index contributed by atoms with van der Waals surface area (Å²) in [6.07, 6.45) is 7.03. The molecule has 0 spiro atoms. The summed E-state index contributed by atoms with van der Waals surface area (Å²) in [6, 6.07) is 11.5. The van der Waals surface area contributed by atoms with Crippen molar-refractivity contribution in [2.75, 3.05) is 0 Å². The van der Waals surface area contributed by atoms with Crippen LogP contribution in [0.25, 0.3) is 10.9 Å². The van der Waals surface area contributed by atoms with E-state index in [2.05, 4.69) is 28.5 Å². The zero-order valence-electron chi connectivity index (χ0n) is 10.9. The number of fused-ring (bicyclic) bond motifs is 3. The van der Waals surface area contributed by atoms with Crippen LogP contribution in [0.3, 0.4) is 0 Å². The summed E-state index contributed by atoms with van der Waals surface area (Å²) in [4.78, 5) is 4.46. The van der Waals surface area contributed by atoms with E-state index < -0.39 is 0 Å². The Labute approximate surface area is 113 Å². The van der Waals surface area contributed by atoms with E-state index in [1.54, 1.807) is 0 Å². The van der Waals surface area contributed by atoms with Crippen molar-refractivity contribution in [3.63, 3.8) is 0 Å². The number of hydrogen-bond donors (Lipinski definition) is 1. The molecule has 0 aliphatic carbocycles. The predicted molar refractivity (Wildman–Crippen MR) is 75.3 cm³/mol. The molecule has 0 saturated carbocycles. The summed E-state index contributed by atoms with van der Waals surface area (Å²) >= 11 is 0. The van der Waals surface area contributed by atoms with Crippen molar-refractivity contribution in [1.29, 1.82) is 0 Å². The quantitative estimate of drug-likeness (QED) is 0.894. The minimum Gasteiger partial charge on any atom is -0.488 e. The van der Waals surface area contributed by atoms with E-state index >= 15 is 0 Å². The van der Waals surface area contributed by atoms with Crippen LogP contribution in [0.4, 0.5) is 0 Å². The molecule has 3 heterocycles. The molecule has 19 heavy (non-hydrogen) atoms. The molecular formula is C16H18N2O. The largest absolute Gasteiger partial charge is 0.488 e. The zero-order valence-corrected chi connectivity index (χ0v) is 10.9. The van der Waals surface area contributed by atoms with Gasteiger partial charge in [-0.25, -0.2) is 0 Å². The van der Waals surface area contributed by atoms with Crippen LogP contribution in [0.1, 0.15) is 25.7 Å². The first-order chi connectivity index (χ1) is 9.38. The molecule has 2 unspecified atom stereocenters. The number of aromatic nitrogens is 1. The lowest BCUT2D eigenvalue weighted by molar-refractivity contribution is 0.139. The maximum atomic E-state index is 6.25. The van der Waals surface area contributed by atoms with Gasteiger partial charge in [0.25, 0.3) is 0 Å². The van der Waals surface area contributed by atoms with Crippen LogP contribution in [0.5, 0.6) is 5.75 Å². The van der Waals surface area contributed by atoms with E-state index in [9.17, 15) is 0 Å². The van der Waals surface area contributed by atoms with E-state index in [-0.39, 0.29) is 0 Å². The molecule has 2 fully saturated rings. The Kier molecular flexibility index (Phi) is 2.66. The molecule has 1 aromatic carbocycles. The van der Waals surface area contributed by atoms with Crippen molar-refractivity contribution < 1.29 is 4.74 Å². The molecule has 2 bridgehead atoms. The third-order valence-electron chi connectivity index (χ3n) is 4.32. The SMILES string of the molecule is c1cnc2c(OC3CC4CCC(C3)N4)cccc2c1. The highest BCUT2D eigenvalue weighted by atomic mass is 16.5. The summed E-state index contributed by atoms with van der Waals surface area (Å²) in [7, 11) is 0. The second-order valence-corrected chi connectivity index (χ2v) is 5.68. The predicted octanol–water partition coefficient (Wildman–Crippen LogP) is 2.90. The number of piperidine rings is 1. The molecule has 2 saturated heterocycles. The monoisotopic (exact) mass is 254 g/mol. The van der Waals surface area contributed by atoms with Crippen LogP contribution in [-0.2, 0) is 0 Å². The number of hydrogen-bond acceptors (Lipinski definition) is 3. The maximum Gasteiger partial charge on any atom is 0.145 e. The van der Waals surface area contributed by atoms with Crippen LogP contribution >= 0.6 is 0 Å². The first kappa shape index (κ1) is 11.2. The molecule has 4 rings (SSSR count). The second kappa shape index (κ2) is 4.49. The van der Waals surface area contributed by atoms with Crippen molar-refractivity contribution in [2.24, 2.45) is 0 Å².